The molecule has 4 atom stereocenters. The van der Waals surface area contributed by atoms with E-state index in [1.807, 2.05) is 32.0 Å². The summed E-state index contributed by atoms with van der Waals surface area (Å²) >= 11 is 0. The number of benzene rings is 1. The van der Waals surface area contributed by atoms with Gasteiger partial charge in [-0.1, -0.05) is 38.1 Å². The van der Waals surface area contributed by atoms with Gasteiger partial charge in [-0.3, -0.25) is 9.88 Å². The summed E-state index contributed by atoms with van der Waals surface area (Å²) in [6, 6.07) is 9.69. The van der Waals surface area contributed by atoms with Crippen molar-refractivity contribution in [3.8, 4) is 17.3 Å². The monoisotopic (exact) mass is 564 g/mol. The number of piperazine rings is 1. The highest BCUT2D eigenvalue weighted by molar-refractivity contribution is 5.92. The molecule has 1 aromatic carbocycles. The Balaban J connectivity index is 0.000000231. The molecule has 2 aromatic heterocycles. The van der Waals surface area contributed by atoms with E-state index in [2.05, 4.69) is 36.1 Å². The van der Waals surface area contributed by atoms with Crippen molar-refractivity contribution in [1.82, 2.24) is 25.2 Å². The number of nitrogens with zero attached hydrogens (tertiary/aromatic N) is 5. The Morgan fingerprint density at radius 2 is 1.73 bits per heavy atom. The van der Waals surface area contributed by atoms with Crippen LogP contribution >= 0.6 is 0 Å². The fourth-order valence-electron chi connectivity index (χ4n) is 7.00. The number of hydrogen-bond donors (Lipinski definition) is 1. The van der Waals surface area contributed by atoms with Crippen LogP contribution in [0.1, 0.15) is 70.3 Å². The summed E-state index contributed by atoms with van der Waals surface area (Å²) in [6.07, 6.45) is 9.17. The molecule has 41 heavy (non-hydrogen) atoms. The highest BCUT2D eigenvalue weighted by Gasteiger charge is 2.35. The molecule has 0 spiro atoms. The highest BCUT2D eigenvalue weighted by Crippen LogP contribution is 2.45. The molecular weight excluding hydrogens is 522 g/mol. The first-order valence-corrected chi connectivity index (χ1v) is 15.5. The van der Waals surface area contributed by atoms with Crippen LogP contribution in [0.3, 0.4) is 0 Å². The first kappa shape index (κ1) is 28.2. The summed E-state index contributed by atoms with van der Waals surface area (Å²) < 4.78 is 33.8. The van der Waals surface area contributed by atoms with Crippen molar-refractivity contribution in [2.75, 3.05) is 38.2 Å². The zero-order valence-corrected chi connectivity index (χ0v) is 24.5. The first-order valence-electron chi connectivity index (χ1n) is 15.5. The van der Waals surface area contributed by atoms with Crippen LogP contribution in [0.2, 0.25) is 0 Å². The van der Waals surface area contributed by atoms with Crippen molar-refractivity contribution < 1.29 is 13.5 Å². The molecule has 0 radical (unpaired) electrons. The van der Waals surface area contributed by atoms with E-state index in [0.29, 0.717) is 47.5 Å². The Bertz CT molecular complexity index is 1340. The second-order valence-corrected chi connectivity index (χ2v) is 11.7. The van der Waals surface area contributed by atoms with Gasteiger partial charge in [0, 0.05) is 49.5 Å². The number of methoxy groups -OCH3 is 1. The molecule has 4 saturated heterocycles. The summed E-state index contributed by atoms with van der Waals surface area (Å²) in [5.74, 6) is 0.814. The second kappa shape index (κ2) is 12.1. The molecule has 2 bridgehead atoms. The second-order valence-electron chi connectivity index (χ2n) is 11.7. The molecule has 7 nitrogen and oxygen atoms in total. The van der Waals surface area contributed by atoms with Crippen LogP contribution in [0.15, 0.2) is 30.5 Å². The number of hydrogen-bond acceptors (Lipinski definition) is 7. The van der Waals surface area contributed by atoms with Gasteiger partial charge in [-0.15, -0.1) is 0 Å². The highest BCUT2D eigenvalue weighted by atomic mass is 19.1. The first-order chi connectivity index (χ1) is 20.1. The van der Waals surface area contributed by atoms with E-state index in [0.717, 1.165) is 57.3 Å². The number of anilines is 1. The molecule has 4 aliphatic heterocycles. The van der Waals surface area contributed by atoms with Crippen molar-refractivity contribution in [2.45, 2.75) is 89.0 Å². The lowest BCUT2D eigenvalue weighted by Gasteiger charge is -2.34. The third-order valence-corrected chi connectivity index (χ3v) is 9.03. The zero-order chi connectivity index (χ0) is 28.5. The molecule has 220 valence electrons. The van der Waals surface area contributed by atoms with Crippen LogP contribution in [0.25, 0.3) is 22.2 Å². The van der Waals surface area contributed by atoms with Gasteiger partial charge in [0.2, 0.25) is 0 Å². The summed E-state index contributed by atoms with van der Waals surface area (Å²) in [5.41, 5.74) is 2.66. The van der Waals surface area contributed by atoms with Crippen LogP contribution in [-0.4, -0.2) is 77.4 Å². The Labute approximate surface area is 241 Å². The minimum absolute atomic E-state index is 0.190. The van der Waals surface area contributed by atoms with E-state index in [-0.39, 0.29) is 11.5 Å². The lowest BCUT2D eigenvalue weighted by molar-refractivity contribution is 0.292. The maximum absolute atomic E-state index is 15.8. The molecule has 3 aromatic rings. The maximum atomic E-state index is 15.8. The molecular formula is C32H42F2N6O. The topological polar surface area (TPSA) is 66.4 Å². The lowest BCUT2D eigenvalue weighted by Crippen LogP contribution is -2.51. The molecule has 4 unspecified atom stereocenters. The Kier molecular flexibility index (Phi) is 8.35. The molecule has 0 amide bonds. The normalized spacial score (nSPS) is 26.7. The predicted molar refractivity (Wildman–Crippen MR) is 159 cm³/mol. The van der Waals surface area contributed by atoms with Crippen molar-refractivity contribution >= 4 is 16.7 Å². The van der Waals surface area contributed by atoms with E-state index >= 15 is 4.39 Å². The molecule has 5 fully saturated rings. The summed E-state index contributed by atoms with van der Waals surface area (Å²) in [5, 5.41) is 4.27. The standard InChI is InChI=1S/C23H24FN5O.C7H12FN.C2H6/c1-30-23-27-21-18(22(28-23)29-11-14-8-9-15(12-29)26-14)10-25-20(19(21)24)17-5-3-2-4-16(17)13-6-7-13;8-6-4-7-2-1-3-9(7)5-6;1-2/h2-5,10,13-15,26H,6-9,11-12H2,1H3;6-7H,1-5H2;1-2H3. The number of alkyl halides is 1. The number of aromatic nitrogens is 3. The maximum Gasteiger partial charge on any atom is 0.318 e. The van der Waals surface area contributed by atoms with Gasteiger partial charge in [-0.25, -0.2) is 8.78 Å². The Morgan fingerprint density at radius 3 is 2.44 bits per heavy atom. The molecule has 6 heterocycles. The number of ether oxygens (including phenoxy) is 1. The summed E-state index contributed by atoms with van der Waals surface area (Å²) in [6.45, 7) is 7.55. The fraction of sp³-hybridized carbons (Fsp3) is 0.594. The molecule has 1 aliphatic carbocycles. The van der Waals surface area contributed by atoms with Crippen LogP contribution in [-0.2, 0) is 0 Å². The zero-order valence-electron chi connectivity index (χ0n) is 24.5. The fourth-order valence-corrected chi connectivity index (χ4v) is 7.00. The Morgan fingerprint density at radius 1 is 0.976 bits per heavy atom. The van der Waals surface area contributed by atoms with Gasteiger partial charge in [0.05, 0.1) is 12.5 Å². The van der Waals surface area contributed by atoms with E-state index in [1.165, 1.54) is 25.5 Å². The molecule has 1 saturated carbocycles. The van der Waals surface area contributed by atoms with E-state index in [4.69, 9.17) is 4.74 Å². The Hall–Kier alpha value is -2.91. The van der Waals surface area contributed by atoms with Gasteiger partial charge in [0.15, 0.2) is 5.82 Å². The predicted octanol–water partition coefficient (Wildman–Crippen LogP) is 5.88. The number of nitrogens with one attached hydrogen (secondary N) is 1. The number of rotatable bonds is 4. The number of fused-ring (bicyclic) bond motifs is 4. The number of halogens is 2. The molecule has 1 N–H and O–H groups in total. The average molecular weight is 565 g/mol. The SMILES string of the molecule is CC.COc1nc(N2CC3CCC(C2)N3)c2cnc(-c3ccccc3C3CC3)c(F)c2n1.FC1CC2CCCN2C1. The van der Waals surface area contributed by atoms with Gasteiger partial charge in [-0.05, 0) is 63.0 Å². The third-order valence-electron chi connectivity index (χ3n) is 9.03. The minimum atomic E-state index is -0.518. The van der Waals surface area contributed by atoms with Crippen molar-refractivity contribution in [2.24, 2.45) is 0 Å². The minimum Gasteiger partial charge on any atom is -0.467 e. The smallest absolute Gasteiger partial charge is 0.318 e. The van der Waals surface area contributed by atoms with Crippen molar-refractivity contribution in [3.05, 3.63) is 41.8 Å². The number of pyridine rings is 1. The molecule has 5 aliphatic rings. The lowest BCUT2D eigenvalue weighted by atomic mass is 9.99. The quantitative estimate of drug-likeness (QED) is 0.425. The molecule has 9 heteroatoms. The largest absolute Gasteiger partial charge is 0.467 e. The van der Waals surface area contributed by atoms with Crippen LogP contribution in [0.4, 0.5) is 14.6 Å². The third kappa shape index (κ3) is 5.75. The van der Waals surface area contributed by atoms with Gasteiger partial charge in [-0.2, -0.15) is 9.97 Å². The van der Waals surface area contributed by atoms with Gasteiger partial charge in [0.25, 0.3) is 0 Å². The van der Waals surface area contributed by atoms with Crippen molar-refractivity contribution in [1.29, 1.82) is 0 Å². The summed E-state index contributed by atoms with van der Waals surface area (Å²) in [7, 11) is 1.52. The molecule has 8 rings (SSSR count). The van der Waals surface area contributed by atoms with E-state index < -0.39 is 12.0 Å². The average Bonchev–Trinajstić information content (AvgIpc) is 3.54. The van der Waals surface area contributed by atoms with Crippen LogP contribution in [0, 0.1) is 5.82 Å². The van der Waals surface area contributed by atoms with Gasteiger partial charge >= 0.3 is 6.01 Å². The van der Waals surface area contributed by atoms with Crippen LogP contribution in [0.5, 0.6) is 6.01 Å². The van der Waals surface area contributed by atoms with Crippen molar-refractivity contribution in [3.63, 3.8) is 0 Å². The van der Waals surface area contributed by atoms with E-state index in [1.54, 1.807) is 6.20 Å². The summed E-state index contributed by atoms with van der Waals surface area (Å²) in [4.78, 5) is 18.1. The van der Waals surface area contributed by atoms with E-state index in [9.17, 15) is 4.39 Å². The van der Waals surface area contributed by atoms with Gasteiger partial charge in [0.1, 0.15) is 23.2 Å². The van der Waals surface area contributed by atoms with Gasteiger partial charge < -0.3 is 15.0 Å². The van der Waals surface area contributed by atoms with Crippen LogP contribution < -0.4 is 15.0 Å².